The molecule has 9 heteroatoms. The van der Waals surface area contributed by atoms with Gasteiger partial charge in [-0.1, -0.05) is 36.0 Å². The van der Waals surface area contributed by atoms with Gasteiger partial charge in [-0.15, -0.1) is 11.3 Å². The van der Waals surface area contributed by atoms with E-state index >= 15 is 0 Å². The molecule has 0 saturated heterocycles. The monoisotopic (exact) mass is 383 g/mol. The molecule has 130 valence electrons. The minimum atomic E-state index is -4.51. The number of alkyl halides is 3. The molecule has 0 spiro atoms. The van der Waals surface area contributed by atoms with Gasteiger partial charge in [-0.3, -0.25) is 0 Å². The number of halogens is 3. The highest BCUT2D eigenvalue weighted by Crippen LogP contribution is 2.42. The van der Waals surface area contributed by atoms with Crippen molar-refractivity contribution in [1.29, 1.82) is 0 Å². The van der Waals surface area contributed by atoms with Gasteiger partial charge in [0.25, 0.3) is 0 Å². The van der Waals surface area contributed by atoms with Crippen LogP contribution in [0.25, 0.3) is 6.08 Å². The molecule has 0 radical (unpaired) electrons. The van der Waals surface area contributed by atoms with Gasteiger partial charge in [-0.05, 0) is 17.6 Å². The Labute approximate surface area is 153 Å². The highest BCUT2D eigenvalue weighted by atomic mass is 32.1. The topological polar surface area (TPSA) is 58.9 Å². The van der Waals surface area contributed by atoms with Crippen LogP contribution in [-0.2, 0) is 11.3 Å². The van der Waals surface area contributed by atoms with E-state index in [0.29, 0.717) is 22.4 Å². The number of hydrogen-bond donors (Lipinski definition) is 1. The quantitative estimate of drug-likeness (QED) is 0.816. The van der Waals surface area contributed by atoms with Crippen LogP contribution in [0.4, 0.5) is 13.2 Å². The summed E-state index contributed by atoms with van der Waals surface area (Å²) < 4.78 is 37.3. The average Bonchev–Trinajstić information content (AvgIpc) is 3.01. The summed E-state index contributed by atoms with van der Waals surface area (Å²) in [5.41, 5.74) is 2.15. The summed E-state index contributed by atoms with van der Waals surface area (Å²) >= 11 is 0.666. The summed E-state index contributed by atoms with van der Waals surface area (Å²) in [5.74, 6) is -1.12. The normalized spacial score (nSPS) is 22.5. The van der Waals surface area contributed by atoms with Gasteiger partial charge in [0.15, 0.2) is 4.46 Å². The van der Waals surface area contributed by atoms with Crippen LogP contribution in [0.2, 0.25) is 0 Å². The van der Waals surface area contributed by atoms with E-state index in [1.807, 2.05) is 0 Å². The molecule has 4 nitrogen and oxygen atoms in total. The number of allylic oxidation sites excluding steroid dienone is 4. The zero-order valence-electron chi connectivity index (χ0n) is 13.2. The first-order chi connectivity index (χ1) is 11.7. The number of thiophene rings is 1. The summed E-state index contributed by atoms with van der Waals surface area (Å²) in [6.45, 7) is 3.71. The molecular formula is C16H13AlF3NO3S. The van der Waals surface area contributed by atoms with Crippen molar-refractivity contribution < 1.29 is 27.9 Å². The van der Waals surface area contributed by atoms with Gasteiger partial charge in [0.1, 0.15) is 10.6 Å². The van der Waals surface area contributed by atoms with Crippen LogP contribution in [0.3, 0.4) is 0 Å². The highest BCUT2D eigenvalue weighted by Gasteiger charge is 2.56. The van der Waals surface area contributed by atoms with Gasteiger partial charge in [0.05, 0.1) is 4.88 Å². The molecule has 3 rings (SSSR count). The number of rotatable bonds is 3. The van der Waals surface area contributed by atoms with Crippen molar-refractivity contribution in [2.24, 2.45) is 5.16 Å². The lowest BCUT2D eigenvalue weighted by molar-refractivity contribution is -0.233. The van der Waals surface area contributed by atoms with E-state index in [0.717, 1.165) is 16.9 Å². The molecule has 1 aromatic heterocycles. The van der Waals surface area contributed by atoms with Crippen LogP contribution in [0.1, 0.15) is 32.1 Å². The molecule has 0 fully saturated rings. The number of aromatic carboxylic acids is 1. The standard InChI is InChI=1S/C16H11F3NO3S.Al.2H/c1-2-8-4-3-5-9-10(6-8)13(24-14(9)15(21)22)11-7-12(23-20-11)16(17,18)19;;;/h2-5H,1,6-7H2,(H,21,22);;;. The minimum absolute atomic E-state index is 0.0838. The number of carboxylic acids is 1. The van der Waals surface area contributed by atoms with Crippen molar-refractivity contribution >= 4 is 45.4 Å². The maximum absolute atomic E-state index is 13.2. The van der Waals surface area contributed by atoms with E-state index in [2.05, 4.69) is 11.7 Å². The van der Waals surface area contributed by atoms with Gasteiger partial charge >= 0.3 is 28.4 Å². The molecule has 1 atom stereocenters. The van der Waals surface area contributed by atoms with Crippen molar-refractivity contribution in [2.45, 2.75) is 23.5 Å². The first kappa shape index (κ1) is 18.0. The third kappa shape index (κ3) is 3.08. The molecule has 0 aromatic carbocycles. The lowest BCUT2D eigenvalue weighted by Gasteiger charge is -2.25. The fourth-order valence-corrected chi connectivity index (χ4v) is 4.26. The Balaban J connectivity index is 2.07. The fourth-order valence-electron chi connectivity index (χ4n) is 2.71. The molecule has 0 bridgehead atoms. The van der Waals surface area contributed by atoms with Crippen molar-refractivity contribution in [3.05, 3.63) is 51.3 Å². The number of oxime groups is 1. The molecular weight excluding hydrogens is 370 g/mol. The Morgan fingerprint density at radius 3 is 2.80 bits per heavy atom. The number of carboxylic acid groups (broad SMARTS) is 1. The number of nitrogens with zero attached hydrogens (tertiary/aromatic N) is 1. The van der Waals surface area contributed by atoms with Crippen molar-refractivity contribution in [3.63, 3.8) is 0 Å². The molecule has 25 heavy (non-hydrogen) atoms. The molecule has 0 saturated carbocycles. The Morgan fingerprint density at radius 1 is 1.52 bits per heavy atom. The summed E-state index contributed by atoms with van der Waals surface area (Å²) in [4.78, 5) is 16.8. The van der Waals surface area contributed by atoms with E-state index in [4.69, 9.17) is 4.84 Å². The first-order valence-electron chi connectivity index (χ1n) is 7.37. The number of carbonyl (C=O) groups is 1. The van der Waals surface area contributed by atoms with Crippen LogP contribution < -0.4 is 0 Å². The van der Waals surface area contributed by atoms with E-state index in [1.54, 1.807) is 24.3 Å². The van der Waals surface area contributed by atoms with Crippen molar-refractivity contribution in [1.82, 2.24) is 0 Å². The Kier molecular flexibility index (Phi) is 4.44. The van der Waals surface area contributed by atoms with Crippen molar-refractivity contribution in [2.75, 3.05) is 0 Å². The molecule has 1 aliphatic heterocycles. The van der Waals surface area contributed by atoms with Crippen LogP contribution >= 0.6 is 11.3 Å². The number of hydrogen-bond acceptors (Lipinski definition) is 4. The molecule has 0 amide bonds. The lowest BCUT2D eigenvalue weighted by atomic mass is 9.98. The highest BCUT2D eigenvalue weighted by molar-refractivity contribution is 7.16. The van der Waals surface area contributed by atoms with Crippen LogP contribution in [0.5, 0.6) is 0 Å². The predicted molar refractivity (Wildman–Crippen MR) is 91.9 cm³/mol. The van der Waals surface area contributed by atoms with E-state index < -0.39 is 23.0 Å². The van der Waals surface area contributed by atoms with Gasteiger partial charge in [0.2, 0.25) is 0 Å². The van der Waals surface area contributed by atoms with Crippen LogP contribution in [0.15, 0.2) is 35.5 Å². The smallest absolute Gasteiger partial charge is 0.415 e. The second kappa shape index (κ2) is 6.16. The fraction of sp³-hybridized carbons (Fsp3) is 0.250. The van der Waals surface area contributed by atoms with Gasteiger partial charge in [0, 0.05) is 12.0 Å². The average molecular weight is 383 g/mol. The van der Waals surface area contributed by atoms with Crippen LogP contribution in [0, 0.1) is 0 Å². The Bertz CT molecular complexity index is 854. The number of fused-ring (bicyclic) bond motifs is 1. The van der Waals surface area contributed by atoms with Gasteiger partial charge in [-0.2, -0.15) is 13.2 Å². The predicted octanol–water partition coefficient (Wildman–Crippen LogP) is 3.14. The molecule has 2 aliphatic rings. The van der Waals surface area contributed by atoms with E-state index in [9.17, 15) is 23.1 Å². The summed E-state index contributed by atoms with van der Waals surface area (Å²) in [6.07, 6.45) is 2.28. The molecule has 2 heterocycles. The van der Waals surface area contributed by atoms with Gasteiger partial charge < -0.3 is 9.94 Å². The maximum Gasteiger partial charge on any atom is 0.415 e. The van der Waals surface area contributed by atoms with Crippen molar-refractivity contribution in [3.8, 4) is 0 Å². The first-order valence-corrected chi connectivity index (χ1v) is 9.18. The summed E-state index contributed by atoms with van der Waals surface area (Å²) in [5, 5.41) is 13.1. The van der Waals surface area contributed by atoms with Crippen LogP contribution in [-0.4, -0.2) is 43.7 Å². The minimum Gasteiger partial charge on any atom is -0.477 e. The van der Waals surface area contributed by atoms with E-state index in [1.165, 1.54) is 0 Å². The Hall–Kier alpha value is -1.82. The summed E-state index contributed by atoms with van der Waals surface area (Å²) in [6, 6.07) is 0. The largest absolute Gasteiger partial charge is 0.477 e. The zero-order chi connectivity index (χ0) is 18.4. The second-order valence-corrected chi connectivity index (χ2v) is 8.61. The molecule has 1 unspecified atom stereocenters. The Morgan fingerprint density at radius 2 is 2.24 bits per heavy atom. The van der Waals surface area contributed by atoms with E-state index in [-0.39, 0.29) is 26.9 Å². The third-order valence-corrected chi connectivity index (χ3v) is 6.57. The zero-order valence-corrected chi connectivity index (χ0v) is 16.0. The molecule has 1 aromatic rings. The lowest BCUT2D eigenvalue weighted by Crippen LogP contribution is -2.45. The van der Waals surface area contributed by atoms with Gasteiger partial charge in [-0.25, -0.2) is 4.79 Å². The maximum atomic E-state index is 13.2. The SMILES string of the molecule is C=CC1=CC=Cc2c(C(=O)O)sc(C3=NO[C]([AlH2])(C(F)(F)F)C3)c2C1. The third-order valence-electron chi connectivity index (χ3n) is 4.18. The second-order valence-electron chi connectivity index (χ2n) is 5.97. The summed E-state index contributed by atoms with van der Waals surface area (Å²) in [7, 11) is 0. The molecule has 1 N–H and O–H groups in total. The molecule has 1 aliphatic carbocycles.